The summed E-state index contributed by atoms with van der Waals surface area (Å²) in [5.74, 6) is 1.72. The van der Waals surface area contributed by atoms with Crippen molar-refractivity contribution >= 4 is 23.3 Å². The van der Waals surface area contributed by atoms with Gasteiger partial charge in [0.1, 0.15) is 22.9 Å². The molecule has 0 spiro atoms. The van der Waals surface area contributed by atoms with Crippen molar-refractivity contribution in [2.24, 2.45) is 5.73 Å². The predicted octanol–water partition coefficient (Wildman–Crippen LogP) is 2.69. The van der Waals surface area contributed by atoms with Crippen LogP contribution < -0.4 is 15.4 Å². The molecule has 6 heteroatoms. The second-order valence-corrected chi connectivity index (χ2v) is 5.24. The summed E-state index contributed by atoms with van der Waals surface area (Å²) in [5, 5.41) is 0.950. The number of aromatic nitrogens is 2. The molecule has 2 rings (SSSR count). The SMILES string of the molecule is COc1ccc(N(CCCN)c2cc(SC)ncn2)cc1. The highest BCUT2D eigenvalue weighted by atomic mass is 32.2. The van der Waals surface area contributed by atoms with Crippen LogP contribution in [0.2, 0.25) is 0 Å². The molecule has 112 valence electrons. The zero-order valence-corrected chi connectivity index (χ0v) is 13.1. The number of benzene rings is 1. The van der Waals surface area contributed by atoms with Gasteiger partial charge < -0.3 is 15.4 Å². The van der Waals surface area contributed by atoms with E-state index < -0.39 is 0 Å². The van der Waals surface area contributed by atoms with E-state index in [1.54, 1.807) is 25.2 Å². The van der Waals surface area contributed by atoms with Gasteiger partial charge in [-0.1, -0.05) is 0 Å². The van der Waals surface area contributed by atoms with Crippen LogP contribution in [0.5, 0.6) is 5.75 Å². The number of hydrogen-bond acceptors (Lipinski definition) is 6. The van der Waals surface area contributed by atoms with Crippen molar-refractivity contribution in [3.05, 3.63) is 36.7 Å². The van der Waals surface area contributed by atoms with Crippen molar-refractivity contribution in [1.29, 1.82) is 0 Å². The Kier molecular flexibility index (Phi) is 5.83. The van der Waals surface area contributed by atoms with Gasteiger partial charge in [0.05, 0.1) is 7.11 Å². The summed E-state index contributed by atoms with van der Waals surface area (Å²) >= 11 is 1.60. The van der Waals surface area contributed by atoms with Gasteiger partial charge in [0.15, 0.2) is 0 Å². The summed E-state index contributed by atoms with van der Waals surface area (Å²) in [6, 6.07) is 9.93. The Morgan fingerprint density at radius 2 is 2.00 bits per heavy atom. The van der Waals surface area contributed by atoms with Gasteiger partial charge in [-0.25, -0.2) is 9.97 Å². The van der Waals surface area contributed by atoms with Crippen LogP contribution in [0.1, 0.15) is 6.42 Å². The summed E-state index contributed by atoms with van der Waals surface area (Å²) < 4.78 is 5.20. The lowest BCUT2D eigenvalue weighted by atomic mass is 10.2. The third-order valence-corrected chi connectivity index (χ3v) is 3.72. The Bertz CT molecular complexity index is 562. The van der Waals surface area contributed by atoms with Crippen LogP contribution >= 0.6 is 11.8 Å². The lowest BCUT2D eigenvalue weighted by Gasteiger charge is -2.24. The number of hydrogen-bond donors (Lipinski definition) is 1. The molecule has 0 radical (unpaired) electrons. The zero-order chi connectivity index (χ0) is 15.1. The van der Waals surface area contributed by atoms with Gasteiger partial charge in [-0.05, 0) is 43.5 Å². The van der Waals surface area contributed by atoms with Crippen molar-refractivity contribution in [2.45, 2.75) is 11.4 Å². The number of ether oxygens (including phenoxy) is 1. The van der Waals surface area contributed by atoms with Gasteiger partial charge >= 0.3 is 0 Å². The van der Waals surface area contributed by atoms with Gasteiger partial charge in [0, 0.05) is 18.3 Å². The van der Waals surface area contributed by atoms with E-state index in [9.17, 15) is 0 Å². The topological polar surface area (TPSA) is 64.3 Å². The molecule has 2 aromatic rings. The summed E-state index contributed by atoms with van der Waals surface area (Å²) in [4.78, 5) is 10.8. The lowest BCUT2D eigenvalue weighted by Crippen LogP contribution is -2.22. The molecular weight excluding hydrogens is 284 g/mol. The fourth-order valence-corrected chi connectivity index (χ4v) is 2.35. The summed E-state index contributed by atoms with van der Waals surface area (Å²) in [6.45, 7) is 1.46. The second-order valence-electron chi connectivity index (χ2n) is 4.41. The molecule has 1 heterocycles. The van der Waals surface area contributed by atoms with Crippen LogP contribution in [-0.4, -0.2) is 36.4 Å². The molecule has 5 nitrogen and oxygen atoms in total. The molecular formula is C15H20N4OS. The number of anilines is 2. The Hall–Kier alpha value is -1.79. The van der Waals surface area contributed by atoms with Gasteiger partial charge in [0.25, 0.3) is 0 Å². The first-order valence-corrected chi connectivity index (χ1v) is 7.98. The fourth-order valence-electron chi connectivity index (χ4n) is 1.98. The molecule has 0 saturated carbocycles. The Balaban J connectivity index is 2.31. The first kappa shape index (κ1) is 15.6. The number of rotatable bonds is 7. The minimum atomic E-state index is 0.646. The largest absolute Gasteiger partial charge is 0.497 e. The van der Waals surface area contributed by atoms with Crippen molar-refractivity contribution in [2.75, 3.05) is 31.4 Å². The highest BCUT2D eigenvalue weighted by Gasteiger charge is 2.11. The molecule has 1 aromatic heterocycles. The molecule has 0 aliphatic heterocycles. The molecule has 21 heavy (non-hydrogen) atoms. The van der Waals surface area contributed by atoms with Gasteiger partial charge in [-0.3, -0.25) is 0 Å². The quantitative estimate of drug-likeness (QED) is 0.627. The summed E-state index contributed by atoms with van der Waals surface area (Å²) in [5.41, 5.74) is 6.72. The van der Waals surface area contributed by atoms with E-state index in [0.29, 0.717) is 6.54 Å². The van der Waals surface area contributed by atoms with E-state index in [2.05, 4.69) is 14.9 Å². The fraction of sp³-hybridized carbons (Fsp3) is 0.333. The Labute approximate surface area is 129 Å². The number of thioether (sulfide) groups is 1. The molecule has 0 aliphatic carbocycles. The van der Waals surface area contributed by atoms with E-state index in [-0.39, 0.29) is 0 Å². The molecule has 0 aliphatic rings. The maximum atomic E-state index is 5.65. The molecule has 0 saturated heterocycles. The summed E-state index contributed by atoms with van der Waals surface area (Å²) in [7, 11) is 1.66. The molecule has 0 bridgehead atoms. The smallest absolute Gasteiger partial charge is 0.137 e. The van der Waals surface area contributed by atoms with Crippen LogP contribution in [0.25, 0.3) is 0 Å². The predicted molar refractivity (Wildman–Crippen MR) is 87.5 cm³/mol. The van der Waals surface area contributed by atoms with Crippen LogP contribution in [0.4, 0.5) is 11.5 Å². The molecule has 0 fully saturated rings. The van der Waals surface area contributed by atoms with Crippen LogP contribution in [0, 0.1) is 0 Å². The second kappa shape index (κ2) is 7.85. The van der Waals surface area contributed by atoms with E-state index in [1.165, 1.54) is 0 Å². The maximum Gasteiger partial charge on any atom is 0.137 e. The van der Waals surface area contributed by atoms with Crippen molar-refractivity contribution in [3.63, 3.8) is 0 Å². The molecule has 0 atom stereocenters. The van der Waals surface area contributed by atoms with Gasteiger partial charge in [-0.2, -0.15) is 0 Å². The standard InChI is InChI=1S/C15H20N4OS/c1-20-13-6-4-12(5-7-13)19(9-3-8-16)14-10-15(21-2)18-11-17-14/h4-7,10-11H,3,8-9,16H2,1-2H3. The normalized spacial score (nSPS) is 10.4. The van der Waals surface area contributed by atoms with Crippen LogP contribution in [0.3, 0.4) is 0 Å². The van der Waals surface area contributed by atoms with Crippen LogP contribution in [0.15, 0.2) is 41.7 Å². The van der Waals surface area contributed by atoms with Crippen molar-refractivity contribution < 1.29 is 4.74 Å². The number of nitrogens with zero attached hydrogens (tertiary/aromatic N) is 3. The first-order chi connectivity index (χ1) is 10.3. The van der Waals surface area contributed by atoms with Gasteiger partial charge in [-0.15, -0.1) is 11.8 Å². The zero-order valence-electron chi connectivity index (χ0n) is 12.3. The van der Waals surface area contributed by atoms with E-state index in [1.807, 2.05) is 36.6 Å². The Morgan fingerprint density at radius 3 is 2.62 bits per heavy atom. The monoisotopic (exact) mass is 304 g/mol. The summed E-state index contributed by atoms with van der Waals surface area (Å²) in [6.07, 6.45) is 4.49. The van der Waals surface area contributed by atoms with E-state index in [4.69, 9.17) is 10.5 Å². The average molecular weight is 304 g/mol. The van der Waals surface area contributed by atoms with Gasteiger partial charge in [0.2, 0.25) is 0 Å². The minimum absolute atomic E-state index is 0.646. The third-order valence-electron chi connectivity index (χ3n) is 3.08. The molecule has 0 unspecified atom stereocenters. The Morgan fingerprint density at radius 1 is 1.24 bits per heavy atom. The minimum Gasteiger partial charge on any atom is -0.497 e. The van der Waals surface area contributed by atoms with E-state index in [0.717, 1.165) is 35.2 Å². The third kappa shape index (κ3) is 4.09. The lowest BCUT2D eigenvalue weighted by molar-refractivity contribution is 0.415. The van der Waals surface area contributed by atoms with E-state index >= 15 is 0 Å². The molecule has 1 aromatic carbocycles. The molecule has 0 amide bonds. The highest BCUT2D eigenvalue weighted by Crippen LogP contribution is 2.27. The number of nitrogens with two attached hydrogens (primary N) is 1. The first-order valence-electron chi connectivity index (χ1n) is 6.76. The van der Waals surface area contributed by atoms with Crippen LogP contribution in [-0.2, 0) is 0 Å². The maximum absolute atomic E-state index is 5.65. The van der Waals surface area contributed by atoms with Crippen molar-refractivity contribution in [1.82, 2.24) is 9.97 Å². The number of methoxy groups -OCH3 is 1. The average Bonchev–Trinajstić information content (AvgIpc) is 2.56. The highest BCUT2D eigenvalue weighted by molar-refractivity contribution is 7.98. The van der Waals surface area contributed by atoms with Crippen molar-refractivity contribution in [3.8, 4) is 5.75 Å². The molecule has 2 N–H and O–H groups in total.